The van der Waals surface area contributed by atoms with Crippen LogP contribution in [-0.4, -0.2) is 31.9 Å². The highest BCUT2D eigenvalue weighted by atomic mass is 19.1. The van der Waals surface area contributed by atoms with Crippen LogP contribution in [-0.2, 0) is 6.54 Å². The molecule has 0 aliphatic carbocycles. The van der Waals surface area contributed by atoms with Gasteiger partial charge in [-0.05, 0) is 29.7 Å². The zero-order valence-electron chi connectivity index (χ0n) is 18.5. The monoisotopic (exact) mass is 444 g/mol. The maximum atomic E-state index is 14.8. The Morgan fingerprint density at radius 1 is 1.15 bits per heavy atom. The van der Waals surface area contributed by atoms with Gasteiger partial charge in [0.05, 0.1) is 30.5 Å². The number of anilines is 1. The zero-order chi connectivity index (χ0) is 22.9. The number of carbonyl (C=O) groups is 1. The van der Waals surface area contributed by atoms with Crippen LogP contribution in [0.1, 0.15) is 25.5 Å². The van der Waals surface area contributed by atoms with Gasteiger partial charge in [0.25, 0.3) is 0 Å². The standard InChI is InChI=1S/C25H25FN6O/c1-16(2)13-31-14-17(10-29-31)19-8-7-18(9-22(19)26)30-25(33)28-12-24-21-6-4-3-5-20(21)23-11-27-15-32(23)24/h3-11,14-16,24H,12-13H2,1-2H3,(H2,28,30,33). The van der Waals surface area contributed by atoms with Crippen LogP contribution in [0.25, 0.3) is 22.4 Å². The molecule has 2 aromatic carbocycles. The molecule has 33 heavy (non-hydrogen) atoms. The first-order chi connectivity index (χ1) is 16.0. The summed E-state index contributed by atoms with van der Waals surface area (Å²) in [7, 11) is 0. The summed E-state index contributed by atoms with van der Waals surface area (Å²) in [5, 5.41) is 9.92. The molecule has 2 N–H and O–H groups in total. The average Bonchev–Trinajstić information content (AvgIpc) is 3.49. The third kappa shape index (κ3) is 4.11. The van der Waals surface area contributed by atoms with Crippen molar-refractivity contribution in [3.8, 4) is 22.4 Å². The minimum atomic E-state index is -0.412. The van der Waals surface area contributed by atoms with Crippen LogP contribution in [0.15, 0.2) is 67.4 Å². The average molecular weight is 445 g/mol. The molecular formula is C25H25FN6O. The molecule has 0 fully saturated rings. The second kappa shape index (κ2) is 8.54. The van der Waals surface area contributed by atoms with Crippen LogP contribution in [0.3, 0.4) is 0 Å². The molecule has 4 aromatic rings. The van der Waals surface area contributed by atoms with Crippen molar-refractivity contribution >= 4 is 11.7 Å². The van der Waals surface area contributed by atoms with Crippen LogP contribution in [0, 0.1) is 11.7 Å². The Balaban J connectivity index is 1.24. The van der Waals surface area contributed by atoms with Crippen molar-refractivity contribution < 1.29 is 9.18 Å². The lowest BCUT2D eigenvalue weighted by molar-refractivity contribution is 0.251. The lowest BCUT2D eigenvalue weighted by Crippen LogP contribution is -2.33. The van der Waals surface area contributed by atoms with Crippen molar-refractivity contribution in [2.24, 2.45) is 5.92 Å². The molecule has 8 heteroatoms. The van der Waals surface area contributed by atoms with Crippen molar-refractivity contribution in [2.75, 3.05) is 11.9 Å². The van der Waals surface area contributed by atoms with E-state index in [9.17, 15) is 9.18 Å². The molecule has 7 nitrogen and oxygen atoms in total. The minimum Gasteiger partial charge on any atom is -0.335 e. The SMILES string of the molecule is CC(C)Cn1cc(-c2ccc(NC(=O)NCC3c4ccccc4-c4cncn43)cc2F)cn1. The molecule has 0 spiro atoms. The van der Waals surface area contributed by atoms with E-state index in [1.807, 2.05) is 29.2 Å². The van der Waals surface area contributed by atoms with Gasteiger partial charge in [-0.25, -0.2) is 14.2 Å². The van der Waals surface area contributed by atoms with E-state index in [1.165, 1.54) is 6.07 Å². The van der Waals surface area contributed by atoms with Gasteiger partial charge in [0.15, 0.2) is 0 Å². The fourth-order valence-corrected chi connectivity index (χ4v) is 4.31. The third-order valence-electron chi connectivity index (χ3n) is 5.78. The number of imidazole rings is 1. The number of fused-ring (bicyclic) bond motifs is 3. The molecule has 2 amide bonds. The van der Waals surface area contributed by atoms with E-state index >= 15 is 0 Å². The topological polar surface area (TPSA) is 76.8 Å². The van der Waals surface area contributed by atoms with Gasteiger partial charge in [-0.1, -0.05) is 38.1 Å². The number of hydrogen-bond donors (Lipinski definition) is 2. The van der Waals surface area contributed by atoms with E-state index in [1.54, 1.807) is 24.7 Å². The van der Waals surface area contributed by atoms with Crippen LogP contribution in [0.2, 0.25) is 0 Å². The maximum Gasteiger partial charge on any atom is 0.319 e. The molecule has 1 unspecified atom stereocenters. The number of urea groups is 1. The van der Waals surface area contributed by atoms with Crippen molar-refractivity contribution in [2.45, 2.75) is 26.4 Å². The molecule has 0 radical (unpaired) electrons. The molecule has 5 rings (SSSR count). The molecule has 1 aliphatic heterocycles. The summed E-state index contributed by atoms with van der Waals surface area (Å²) in [4.78, 5) is 16.8. The van der Waals surface area contributed by atoms with Gasteiger partial charge in [0.1, 0.15) is 5.82 Å². The van der Waals surface area contributed by atoms with Gasteiger partial charge in [-0.15, -0.1) is 0 Å². The van der Waals surface area contributed by atoms with Gasteiger partial charge >= 0.3 is 6.03 Å². The smallest absolute Gasteiger partial charge is 0.319 e. The number of hydrogen-bond acceptors (Lipinski definition) is 3. The van der Waals surface area contributed by atoms with Crippen LogP contribution >= 0.6 is 0 Å². The summed E-state index contributed by atoms with van der Waals surface area (Å²) in [6, 6.07) is 12.3. The Kier molecular flexibility index (Phi) is 5.42. The van der Waals surface area contributed by atoms with Gasteiger partial charge in [0.2, 0.25) is 0 Å². The fraction of sp³-hybridized carbons (Fsp3) is 0.240. The van der Waals surface area contributed by atoms with E-state index in [4.69, 9.17) is 0 Å². The molecule has 1 aliphatic rings. The number of benzene rings is 2. The Hall–Kier alpha value is -3.94. The normalized spacial score (nSPS) is 14.2. The number of nitrogens with one attached hydrogen (secondary N) is 2. The molecule has 3 heterocycles. The second-order valence-electron chi connectivity index (χ2n) is 8.66. The van der Waals surface area contributed by atoms with Crippen LogP contribution < -0.4 is 10.6 Å². The molecule has 0 saturated carbocycles. The number of rotatable bonds is 6. The van der Waals surface area contributed by atoms with E-state index in [0.29, 0.717) is 29.3 Å². The van der Waals surface area contributed by atoms with Gasteiger partial charge in [-0.2, -0.15) is 5.10 Å². The number of halogens is 1. The molecular weight excluding hydrogens is 419 g/mol. The largest absolute Gasteiger partial charge is 0.335 e. The summed E-state index contributed by atoms with van der Waals surface area (Å²) < 4.78 is 18.6. The van der Waals surface area contributed by atoms with E-state index in [0.717, 1.165) is 23.4 Å². The summed E-state index contributed by atoms with van der Waals surface area (Å²) in [5.74, 6) is 0.0374. The first-order valence-electron chi connectivity index (χ1n) is 11.0. The third-order valence-corrected chi connectivity index (χ3v) is 5.78. The predicted octanol–water partition coefficient (Wildman–Crippen LogP) is 4.93. The Morgan fingerprint density at radius 2 is 2.00 bits per heavy atom. The van der Waals surface area contributed by atoms with E-state index in [2.05, 4.69) is 51.3 Å². The molecule has 0 bridgehead atoms. The van der Waals surface area contributed by atoms with Crippen molar-refractivity contribution in [3.05, 3.63) is 78.8 Å². The van der Waals surface area contributed by atoms with Crippen molar-refractivity contribution in [1.82, 2.24) is 24.6 Å². The highest BCUT2D eigenvalue weighted by Crippen LogP contribution is 2.38. The summed E-state index contributed by atoms with van der Waals surface area (Å²) in [6.07, 6.45) is 7.10. The first kappa shape index (κ1) is 20.9. The van der Waals surface area contributed by atoms with Gasteiger partial charge < -0.3 is 15.2 Å². The highest BCUT2D eigenvalue weighted by molar-refractivity contribution is 5.89. The molecule has 1 atom stereocenters. The Morgan fingerprint density at radius 3 is 2.82 bits per heavy atom. The summed E-state index contributed by atoms with van der Waals surface area (Å²) in [5.41, 5.74) is 4.84. The lowest BCUT2D eigenvalue weighted by Gasteiger charge is -2.16. The Bertz CT molecular complexity index is 1310. The number of carbonyl (C=O) groups excluding carboxylic acids is 1. The van der Waals surface area contributed by atoms with Crippen molar-refractivity contribution in [3.63, 3.8) is 0 Å². The van der Waals surface area contributed by atoms with Gasteiger partial charge in [-0.3, -0.25) is 4.68 Å². The number of amides is 2. The minimum absolute atomic E-state index is 0.0362. The molecule has 0 saturated heterocycles. The van der Waals surface area contributed by atoms with E-state index < -0.39 is 11.8 Å². The number of nitrogens with zero attached hydrogens (tertiary/aromatic N) is 4. The van der Waals surface area contributed by atoms with Gasteiger partial charge in [0, 0.05) is 41.7 Å². The summed E-state index contributed by atoms with van der Waals surface area (Å²) in [6.45, 7) is 5.37. The quantitative estimate of drug-likeness (QED) is 0.443. The lowest BCUT2D eigenvalue weighted by atomic mass is 10.0. The maximum absolute atomic E-state index is 14.8. The summed E-state index contributed by atoms with van der Waals surface area (Å²) >= 11 is 0. The number of aromatic nitrogens is 4. The zero-order valence-corrected chi connectivity index (χ0v) is 18.5. The predicted molar refractivity (Wildman–Crippen MR) is 125 cm³/mol. The molecule has 2 aromatic heterocycles. The van der Waals surface area contributed by atoms with E-state index in [-0.39, 0.29) is 6.04 Å². The Labute approximate surface area is 191 Å². The first-order valence-corrected chi connectivity index (χ1v) is 11.0. The van der Waals surface area contributed by atoms with Crippen LogP contribution in [0.4, 0.5) is 14.9 Å². The van der Waals surface area contributed by atoms with Crippen LogP contribution in [0.5, 0.6) is 0 Å². The highest BCUT2D eigenvalue weighted by Gasteiger charge is 2.28. The van der Waals surface area contributed by atoms with Crippen molar-refractivity contribution in [1.29, 1.82) is 0 Å². The second-order valence-corrected chi connectivity index (χ2v) is 8.66. The fourth-order valence-electron chi connectivity index (χ4n) is 4.31. The molecule has 168 valence electrons.